The number of hydrogen-bond acceptors (Lipinski definition) is 0. The fraction of sp³-hybridized carbons (Fsp3) is 0.333. The average Bonchev–Trinajstić information content (AvgIpc) is 3.27. The lowest BCUT2D eigenvalue weighted by Gasteiger charge is -2.04. The number of aromatic nitrogens is 1. The van der Waals surface area contributed by atoms with Gasteiger partial charge in [0.1, 0.15) is 6.54 Å². The van der Waals surface area contributed by atoms with Crippen LogP contribution >= 0.6 is 0 Å². The number of nitrogens with two attached hydrogens (primary N) is 1. The van der Waals surface area contributed by atoms with Gasteiger partial charge >= 0.3 is 0 Å². The fourth-order valence-electron chi connectivity index (χ4n) is 3.20. The van der Waals surface area contributed by atoms with Crippen molar-refractivity contribution < 1.29 is 5.32 Å². The summed E-state index contributed by atoms with van der Waals surface area (Å²) < 4.78 is 2.42. The molecule has 1 aliphatic carbocycles. The second-order valence-electron chi connectivity index (χ2n) is 5.89. The van der Waals surface area contributed by atoms with E-state index in [4.69, 9.17) is 0 Å². The lowest BCUT2D eigenvalue weighted by atomic mass is 10.1. The SMILES string of the molecule is CCn1c2ccccc2c2cc(C[NH2+]C3CC3)ccc21. The molecule has 102 valence electrons. The van der Waals surface area contributed by atoms with E-state index in [1.807, 2.05) is 0 Å². The van der Waals surface area contributed by atoms with Crippen LogP contribution in [0.15, 0.2) is 42.5 Å². The maximum Gasteiger partial charge on any atom is 0.101 e. The van der Waals surface area contributed by atoms with Crippen LogP contribution in [0.1, 0.15) is 25.3 Å². The van der Waals surface area contributed by atoms with Gasteiger partial charge in [-0.3, -0.25) is 0 Å². The Morgan fingerprint density at radius 3 is 2.65 bits per heavy atom. The smallest absolute Gasteiger partial charge is 0.101 e. The molecule has 3 aromatic rings. The monoisotopic (exact) mass is 265 g/mol. The molecule has 2 N–H and O–H groups in total. The third-order valence-electron chi connectivity index (χ3n) is 4.46. The Balaban J connectivity index is 1.85. The van der Waals surface area contributed by atoms with Crippen LogP contribution in [-0.2, 0) is 13.1 Å². The molecule has 0 spiro atoms. The highest BCUT2D eigenvalue weighted by Gasteiger charge is 2.24. The van der Waals surface area contributed by atoms with Crippen molar-refractivity contribution in [1.29, 1.82) is 0 Å². The molecule has 0 bridgehead atoms. The van der Waals surface area contributed by atoms with Crippen LogP contribution in [0.2, 0.25) is 0 Å². The second kappa shape index (κ2) is 4.64. The molecule has 2 heteroatoms. The second-order valence-corrected chi connectivity index (χ2v) is 5.89. The molecule has 1 fully saturated rings. The molecular formula is C18H21N2+. The summed E-state index contributed by atoms with van der Waals surface area (Å²) in [4.78, 5) is 0. The molecule has 1 saturated carbocycles. The van der Waals surface area contributed by atoms with Gasteiger partial charge in [0.2, 0.25) is 0 Å². The van der Waals surface area contributed by atoms with Crippen molar-refractivity contribution in [2.45, 2.75) is 38.9 Å². The summed E-state index contributed by atoms with van der Waals surface area (Å²) in [7, 11) is 0. The first-order valence-corrected chi connectivity index (χ1v) is 7.70. The van der Waals surface area contributed by atoms with E-state index in [9.17, 15) is 0 Å². The van der Waals surface area contributed by atoms with Gasteiger partial charge in [-0.15, -0.1) is 0 Å². The van der Waals surface area contributed by atoms with E-state index in [-0.39, 0.29) is 0 Å². The standard InChI is InChI=1S/C18H20N2/c1-2-20-17-6-4-3-5-15(17)16-11-13(7-10-18(16)20)12-19-14-8-9-14/h3-7,10-11,14,19H,2,8-9,12H2,1H3/p+1. The van der Waals surface area contributed by atoms with Gasteiger partial charge in [0, 0.05) is 46.8 Å². The molecule has 4 rings (SSSR count). The van der Waals surface area contributed by atoms with E-state index in [1.165, 1.54) is 40.2 Å². The van der Waals surface area contributed by atoms with Gasteiger partial charge in [-0.05, 0) is 25.1 Å². The van der Waals surface area contributed by atoms with Crippen molar-refractivity contribution in [2.24, 2.45) is 0 Å². The maximum atomic E-state index is 2.49. The molecule has 0 unspecified atom stereocenters. The predicted molar refractivity (Wildman–Crippen MR) is 83.8 cm³/mol. The zero-order chi connectivity index (χ0) is 13.5. The summed E-state index contributed by atoms with van der Waals surface area (Å²) >= 11 is 0. The molecule has 1 aromatic heterocycles. The number of fused-ring (bicyclic) bond motifs is 3. The summed E-state index contributed by atoms with van der Waals surface area (Å²) in [5.74, 6) is 0. The molecule has 20 heavy (non-hydrogen) atoms. The van der Waals surface area contributed by atoms with Crippen LogP contribution < -0.4 is 5.32 Å². The number of hydrogen-bond donors (Lipinski definition) is 1. The maximum absolute atomic E-state index is 2.49. The van der Waals surface area contributed by atoms with Crippen molar-refractivity contribution in [3.05, 3.63) is 48.0 Å². The predicted octanol–water partition coefficient (Wildman–Crippen LogP) is 3.04. The summed E-state index contributed by atoms with van der Waals surface area (Å²) in [5, 5.41) is 5.28. The first-order valence-electron chi connectivity index (χ1n) is 7.70. The van der Waals surface area contributed by atoms with Crippen molar-refractivity contribution in [3.8, 4) is 0 Å². The van der Waals surface area contributed by atoms with Gasteiger partial charge in [0.05, 0.1) is 6.04 Å². The fourth-order valence-corrected chi connectivity index (χ4v) is 3.20. The third-order valence-corrected chi connectivity index (χ3v) is 4.46. The Labute approximate surface area is 119 Å². The molecule has 1 heterocycles. The minimum Gasteiger partial charge on any atom is -0.341 e. The first-order chi connectivity index (χ1) is 9.86. The lowest BCUT2D eigenvalue weighted by Crippen LogP contribution is -2.84. The number of aryl methyl sites for hydroxylation is 1. The van der Waals surface area contributed by atoms with E-state index in [2.05, 4.69) is 59.3 Å². The van der Waals surface area contributed by atoms with Gasteiger partial charge in [0.25, 0.3) is 0 Å². The Hall–Kier alpha value is -1.80. The van der Waals surface area contributed by atoms with Crippen molar-refractivity contribution in [1.82, 2.24) is 4.57 Å². The van der Waals surface area contributed by atoms with Gasteiger partial charge in [-0.25, -0.2) is 0 Å². The van der Waals surface area contributed by atoms with Crippen LogP contribution in [0, 0.1) is 0 Å². The van der Waals surface area contributed by atoms with Crippen molar-refractivity contribution in [3.63, 3.8) is 0 Å². The molecule has 0 saturated heterocycles. The number of nitrogens with zero attached hydrogens (tertiary/aromatic N) is 1. The van der Waals surface area contributed by atoms with Crippen LogP contribution in [0.3, 0.4) is 0 Å². The number of benzene rings is 2. The van der Waals surface area contributed by atoms with E-state index >= 15 is 0 Å². The summed E-state index contributed by atoms with van der Waals surface area (Å²) in [6, 6.07) is 16.6. The highest BCUT2D eigenvalue weighted by atomic mass is 15.0. The molecule has 2 aromatic carbocycles. The van der Waals surface area contributed by atoms with Crippen LogP contribution in [0.25, 0.3) is 21.8 Å². The van der Waals surface area contributed by atoms with E-state index < -0.39 is 0 Å². The van der Waals surface area contributed by atoms with E-state index in [1.54, 1.807) is 0 Å². The van der Waals surface area contributed by atoms with E-state index in [0.29, 0.717) is 0 Å². The summed E-state index contributed by atoms with van der Waals surface area (Å²) in [6.07, 6.45) is 2.80. The van der Waals surface area contributed by atoms with Crippen molar-refractivity contribution in [2.75, 3.05) is 0 Å². The molecule has 0 atom stereocenters. The molecule has 1 aliphatic rings. The molecular weight excluding hydrogens is 244 g/mol. The Kier molecular flexibility index (Phi) is 2.78. The minimum atomic E-state index is 0.891. The van der Waals surface area contributed by atoms with Crippen LogP contribution in [0.4, 0.5) is 0 Å². The number of rotatable bonds is 4. The minimum absolute atomic E-state index is 0.891. The van der Waals surface area contributed by atoms with Gasteiger partial charge in [-0.2, -0.15) is 0 Å². The normalized spacial score (nSPS) is 15.2. The Morgan fingerprint density at radius 1 is 1.05 bits per heavy atom. The van der Waals surface area contributed by atoms with Gasteiger partial charge < -0.3 is 9.88 Å². The topological polar surface area (TPSA) is 21.5 Å². The van der Waals surface area contributed by atoms with Crippen molar-refractivity contribution >= 4 is 21.8 Å². The highest BCUT2D eigenvalue weighted by Crippen LogP contribution is 2.29. The van der Waals surface area contributed by atoms with Crippen LogP contribution in [-0.4, -0.2) is 10.6 Å². The molecule has 0 radical (unpaired) electrons. The number of para-hydroxylation sites is 1. The highest BCUT2D eigenvalue weighted by molar-refractivity contribution is 6.08. The quantitative estimate of drug-likeness (QED) is 0.749. The van der Waals surface area contributed by atoms with Crippen LogP contribution in [0.5, 0.6) is 0 Å². The van der Waals surface area contributed by atoms with E-state index in [0.717, 1.165) is 19.1 Å². The third kappa shape index (κ3) is 1.92. The molecule has 0 aliphatic heterocycles. The average molecular weight is 265 g/mol. The Morgan fingerprint density at radius 2 is 1.85 bits per heavy atom. The lowest BCUT2D eigenvalue weighted by molar-refractivity contribution is -0.683. The summed E-state index contributed by atoms with van der Waals surface area (Å²) in [6.45, 7) is 4.37. The zero-order valence-electron chi connectivity index (χ0n) is 12.0. The molecule has 0 amide bonds. The first kappa shape index (κ1) is 12.0. The Bertz CT molecular complexity index is 766. The van der Waals surface area contributed by atoms with Gasteiger partial charge in [-0.1, -0.05) is 24.3 Å². The number of quaternary nitrogens is 1. The van der Waals surface area contributed by atoms with Gasteiger partial charge in [0.15, 0.2) is 0 Å². The largest absolute Gasteiger partial charge is 0.341 e. The summed E-state index contributed by atoms with van der Waals surface area (Å²) in [5.41, 5.74) is 4.17. The zero-order valence-corrected chi connectivity index (χ0v) is 12.0. The molecule has 2 nitrogen and oxygen atoms in total.